The lowest BCUT2D eigenvalue weighted by molar-refractivity contribution is -0.160. The summed E-state index contributed by atoms with van der Waals surface area (Å²) in [6.45, 7) is 1.86. The summed E-state index contributed by atoms with van der Waals surface area (Å²) in [6.07, 6.45) is 8.35. The van der Waals surface area contributed by atoms with Crippen molar-refractivity contribution in [3.63, 3.8) is 0 Å². The lowest BCUT2D eigenvalue weighted by atomic mass is 9.61. The number of methoxy groups -OCH3 is 2. The number of pyridine rings is 2. The number of aromatic nitrogens is 2. The molecule has 0 amide bonds. The minimum atomic E-state index is -0.611. The number of benzene rings is 1. The maximum absolute atomic E-state index is 13.9. The van der Waals surface area contributed by atoms with E-state index in [0.717, 1.165) is 54.7 Å². The molecule has 200 valence electrons. The van der Waals surface area contributed by atoms with Gasteiger partial charge < -0.3 is 19.7 Å². The van der Waals surface area contributed by atoms with Gasteiger partial charge in [-0.1, -0.05) is 12.2 Å². The zero-order valence-electron chi connectivity index (χ0n) is 21.6. The van der Waals surface area contributed by atoms with Gasteiger partial charge in [-0.15, -0.1) is 0 Å². The summed E-state index contributed by atoms with van der Waals surface area (Å²) in [5.41, 5.74) is 2.08. The molecule has 1 saturated carbocycles. The van der Waals surface area contributed by atoms with Crippen LogP contribution in [-0.2, 0) is 9.53 Å². The number of carbonyl (C=O) groups is 1. The third-order valence-electron chi connectivity index (χ3n) is 7.97. The SMILES string of the molecule is COC(=O)[C@@]12CC[C@@H](NC/C=C/c3cc(F)ccc3F)C[C@H]1CCN(c1ccnc3ccc(OC)nc13)C2. The van der Waals surface area contributed by atoms with Gasteiger partial charge in [0.25, 0.3) is 0 Å². The monoisotopic (exact) mass is 522 g/mol. The van der Waals surface area contributed by atoms with E-state index in [1.807, 2.05) is 12.1 Å². The fourth-order valence-corrected chi connectivity index (χ4v) is 6.01. The van der Waals surface area contributed by atoms with Crippen molar-refractivity contribution in [1.29, 1.82) is 0 Å². The van der Waals surface area contributed by atoms with Gasteiger partial charge in [-0.05, 0) is 61.9 Å². The molecule has 2 aliphatic rings. The number of halogens is 2. The molecule has 1 aliphatic carbocycles. The second kappa shape index (κ2) is 11.0. The zero-order chi connectivity index (χ0) is 26.7. The van der Waals surface area contributed by atoms with Crippen LogP contribution in [0.5, 0.6) is 5.88 Å². The summed E-state index contributed by atoms with van der Waals surface area (Å²) in [6, 6.07) is 9.27. The van der Waals surface area contributed by atoms with Crippen molar-refractivity contribution >= 4 is 28.8 Å². The fourth-order valence-electron chi connectivity index (χ4n) is 6.01. The Morgan fingerprint density at radius 1 is 1.21 bits per heavy atom. The molecule has 3 heterocycles. The Balaban J connectivity index is 1.30. The summed E-state index contributed by atoms with van der Waals surface area (Å²) in [5, 5.41) is 3.51. The van der Waals surface area contributed by atoms with Crippen LogP contribution in [0.3, 0.4) is 0 Å². The summed E-state index contributed by atoms with van der Waals surface area (Å²) < 4.78 is 38.0. The van der Waals surface area contributed by atoms with E-state index in [-0.39, 0.29) is 23.5 Å². The second-order valence-corrected chi connectivity index (χ2v) is 10.1. The molecular formula is C29H32F2N4O3. The molecule has 3 atom stereocenters. The number of esters is 1. The van der Waals surface area contributed by atoms with E-state index in [1.165, 1.54) is 13.2 Å². The number of rotatable bonds is 7. The first kappa shape index (κ1) is 26.0. The van der Waals surface area contributed by atoms with Crippen LogP contribution in [0.25, 0.3) is 17.1 Å². The Morgan fingerprint density at radius 2 is 2.08 bits per heavy atom. The number of ether oxygens (including phenoxy) is 2. The van der Waals surface area contributed by atoms with Crippen LogP contribution in [0, 0.1) is 23.0 Å². The van der Waals surface area contributed by atoms with Crippen molar-refractivity contribution in [3.05, 3.63) is 65.9 Å². The molecule has 9 heteroatoms. The zero-order valence-corrected chi connectivity index (χ0v) is 21.6. The van der Waals surface area contributed by atoms with Gasteiger partial charge in [-0.2, -0.15) is 0 Å². The molecule has 38 heavy (non-hydrogen) atoms. The van der Waals surface area contributed by atoms with Gasteiger partial charge in [0.05, 0.1) is 30.8 Å². The summed E-state index contributed by atoms with van der Waals surface area (Å²) >= 11 is 0. The molecule has 5 rings (SSSR count). The Morgan fingerprint density at radius 3 is 2.89 bits per heavy atom. The van der Waals surface area contributed by atoms with Crippen LogP contribution in [0.15, 0.2) is 48.7 Å². The Bertz CT molecular complexity index is 1350. The summed E-state index contributed by atoms with van der Waals surface area (Å²) in [5.74, 6) is -0.407. The molecule has 2 aromatic heterocycles. The number of hydrogen-bond acceptors (Lipinski definition) is 7. The Hall–Kier alpha value is -3.59. The van der Waals surface area contributed by atoms with E-state index in [2.05, 4.69) is 20.2 Å². The first-order chi connectivity index (χ1) is 18.4. The molecule has 0 bridgehead atoms. The quantitative estimate of drug-likeness (QED) is 0.449. The molecule has 7 nitrogen and oxygen atoms in total. The van der Waals surface area contributed by atoms with Crippen LogP contribution < -0.4 is 15.0 Å². The molecule has 1 aliphatic heterocycles. The van der Waals surface area contributed by atoms with Crippen molar-refractivity contribution in [1.82, 2.24) is 15.3 Å². The average Bonchev–Trinajstić information content (AvgIpc) is 2.95. The summed E-state index contributed by atoms with van der Waals surface area (Å²) in [7, 11) is 3.05. The number of carbonyl (C=O) groups excluding carboxylic acids is 1. The third kappa shape index (κ3) is 5.07. The highest BCUT2D eigenvalue weighted by Crippen LogP contribution is 2.48. The van der Waals surface area contributed by atoms with Crippen molar-refractivity contribution < 1.29 is 23.0 Å². The molecule has 0 spiro atoms. The van der Waals surface area contributed by atoms with Gasteiger partial charge in [-0.25, -0.2) is 13.8 Å². The lowest BCUT2D eigenvalue weighted by Crippen LogP contribution is -2.58. The molecule has 0 unspecified atom stereocenters. The van der Waals surface area contributed by atoms with E-state index in [0.29, 0.717) is 25.4 Å². The van der Waals surface area contributed by atoms with E-state index in [9.17, 15) is 13.6 Å². The highest BCUT2D eigenvalue weighted by molar-refractivity contribution is 5.89. The molecule has 2 fully saturated rings. The predicted octanol–water partition coefficient (Wildman–Crippen LogP) is 4.76. The topological polar surface area (TPSA) is 76.6 Å². The average molecular weight is 523 g/mol. The van der Waals surface area contributed by atoms with Crippen molar-refractivity contribution in [2.24, 2.45) is 11.3 Å². The van der Waals surface area contributed by atoms with Crippen LogP contribution in [-0.4, -0.2) is 55.8 Å². The van der Waals surface area contributed by atoms with Gasteiger partial charge >= 0.3 is 5.97 Å². The number of piperidine rings is 1. The van der Waals surface area contributed by atoms with Gasteiger partial charge in [0, 0.05) is 43.5 Å². The van der Waals surface area contributed by atoms with Crippen LogP contribution in [0.4, 0.5) is 14.5 Å². The largest absolute Gasteiger partial charge is 0.481 e. The fraction of sp³-hybridized carbons (Fsp3) is 0.414. The normalized spacial score (nSPS) is 23.4. The first-order valence-corrected chi connectivity index (χ1v) is 12.9. The van der Waals surface area contributed by atoms with E-state index >= 15 is 0 Å². The highest BCUT2D eigenvalue weighted by atomic mass is 19.1. The minimum absolute atomic E-state index is 0.165. The predicted molar refractivity (Wildman–Crippen MR) is 142 cm³/mol. The maximum Gasteiger partial charge on any atom is 0.313 e. The lowest BCUT2D eigenvalue weighted by Gasteiger charge is -2.51. The minimum Gasteiger partial charge on any atom is -0.481 e. The molecule has 3 aromatic rings. The molecule has 0 radical (unpaired) electrons. The number of nitrogens with zero attached hydrogens (tertiary/aromatic N) is 3. The van der Waals surface area contributed by atoms with Gasteiger partial charge in [0.1, 0.15) is 17.2 Å². The molecule has 1 saturated heterocycles. The first-order valence-electron chi connectivity index (χ1n) is 12.9. The summed E-state index contributed by atoms with van der Waals surface area (Å²) in [4.78, 5) is 24.6. The Labute approximate surface area is 220 Å². The molecule has 1 aromatic carbocycles. The number of fused-ring (bicyclic) bond motifs is 2. The third-order valence-corrected chi connectivity index (χ3v) is 7.97. The van der Waals surface area contributed by atoms with Crippen molar-refractivity contribution in [2.75, 3.05) is 38.8 Å². The van der Waals surface area contributed by atoms with E-state index in [1.54, 1.807) is 31.5 Å². The van der Waals surface area contributed by atoms with Crippen molar-refractivity contribution in [3.8, 4) is 5.88 Å². The van der Waals surface area contributed by atoms with Crippen LogP contribution >= 0.6 is 0 Å². The van der Waals surface area contributed by atoms with E-state index < -0.39 is 17.0 Å². The van der Waals surface area contributed by atoms with Crippen LogP contribution in [0.1, 0.15) is 31.2 Å². The van der Waals surface area contributed by atoms with Gasteiger partial charge in [0.2, 0.25) is 5.88 Å². The standard InChI is InChI=1S/C29H32F2N4O3/c1-37-26-8-7-24-27(34-26)25(10-14-33-24)35-15-11-20-17-22(9-12-29(20,18-35)28(36)38-2)32-13-3-4-19-16-21(30)5-6-23(19)31/h3-8,10,14,16,20,22,32H,9,11-13,15,17-18H2,1-2H3/b4-3+/t20-,22-,29-/m1/s1. The maximum atomic E-state index is 13.9. The van der Waals surface area contributed by atoms with Crippen LogP contribution in [0.2, 0.25) is 0 Å². The second-order valence-electron chi connectivity index (χ2n) is 10.1. The smallest absolute Gasteiger partial charge is 0.313 e. The van der Waals surface area contributed by atoms with Gasteiger partial charge in [0.15, 0.2) is 0 Å². The highest BCUT2D eigenvalue weighted by Gasteiger charge is 2.53. The molecular weight excluding hydrogens is 490 g/mol. The number of anilines is 1. The Kier molecular flexibility index (Phi) is 7.56. The van der Waals surface area contributed by atoms with E-state index in [4.69, 9.17) is 9.47 Å². The van der Waals surface area contributed by atoms with Crippen molar-refractivity contribution in [2.45, 2.75) is 31.7 Å². The number of nitrogens with one attached hydrogen (secondary N) is 1. The molecule has 1 N–H and O–H groups in total. The van der Waals surface area contributed by atoms with Gasteiger partial charge in [-0.3, -0.25) is 9.78 Å². The number of hydrogen-bond donors (Lipinski definition) is 1.